The quantitative estimate of drug-likeness (QED) is 0.554. The van der Waals surface area contributed by atoms with Crippen molar-refractivity contribution in [3.63, 3.8) is 0 Å². The molecule has 0 radical (unpaired) electrons. The van der Waals surface area contributed by atoms with Crippen molar-refractivity contribution in [3.8, 4) is 0 Å². The summed E-state index contributed by atoms with van der Waals surface area (Å²) in [6, 6.07) is 4.60. The smallest absolute Gasteiger partial charge is 0.242 e. The first-order valence-electron chi connectivity index (χ1n) is 12.4. The van der Waals surface area contributed by atoms with Gasteiger partial charge in [-0.1, -0.05) is 12.5 Å². The minimum absolute atomic E-state index is 0.138. The van der Waals surface area contributed by atoms with Crippen LogP contribution in [0.25, 0.3) is 0 Å². The molecule has 2 aliphatic heterocycles. The molecule has 1 aliphatic carbocycles. The molecule has 1 saturated carbocycles. The van der Waals surface area contributed by atoms with E-state index in [9.17, 15) is 13.2 Å². The summed E-state index contributed by atoms with van der Waals surface area (Å²) in [6.07, 6.45) is 6.19. The van der Waals surface area contributed by atoms with E-state index < -0.39 is 23.4 Å². The predicted molar refractivity (Wildman–Crippen MR) is 125 cm³/mol. The van der Waals surface area contributed by atoms with E-state index in [-0.39, 0.29) is 11.6 Å². The van der Waals surface area contributed by atoms with Gasteiger partial charge in [0.15, 0.2) is 17.5 Å². The molecule has 4 atom stereocenters. The molecule has 10 heteroatoms. The monoisotopic (exact) mass is 483 g/mol. The molecule has 2 unspecified atom stereocenters. The van der Waals surface area contributed by atoms with E-state index in [2.05, 4.69) is 20.2 Å². The second kappa shape index (κ2) is 8.80. The van der Waals surface area contributed by atoms with Gasteiger partial charge >= 0.3 is 0 Å². The van der Waals surface area contributed by atoms with Crippen LogP contribution < -0.4 is 10.2 Å². The fraction of sp³-hybridized carbons (Fsp3) is 0.520. The standard InChI is InChI=1S/C25H28F3N7/c1-14-10-20(30-13-29-14)34-11-15-5-6-16(12-34)23(15)31-25-32-24-18(4-2-3-9-35(24)33-25)17-7-8-19(26)22(28)21(17)27/h7-8,10,13,15-16,18,23H,2-6,9,11-12H2,1H3,(H,31,33)/t15-,16?,18?,23-/m0/s1. The fourth-order valence-corrected chi connectivity index (χ4v) is 6.09. The lowest BCUT2D eigenvalue weighted by Gasteiger charge is -2.38. The van der Waals surface area contributed by atoms with Gasteiger partial charge in [-0.2, -0.15) is 4.98 Å². The van der Waals surface area contributed by atoms with E-state index in [1.165, 1.54) is 6.07 Å². The van der Waals surface area contributed by atoms with Crippen LogP contribution in [0.15, 0.2) is 24.5 Å². The number of aromatic nitrogens is 5. The Kier molecular flexibility index (Phi) is 5.61. The number of fused-ring (bicyclic) bond motifs is 3. The van der Waals surface area contributed by atoms with Crippen LogP contribution in [0.3, 0.4) is 0 Å². The lowest BCUT2D eigenvalue weighted by atomic mass is 9.92. The van der Waals surface area contributed by atoms with Crippen molar-refractivity contribution in [3.05, 3.63) is 59.1 Å². The Morgan fingerprint density at radius 2 is 1.77 bits per heavy atom. The van der Waals surface area contributed by atoms with Gasteiger partial charge in [0.05, 0.1) is 0 Å². The molecule has 2 aromatic heterocycles. The van der Waals surface area contributed by atoms with Crippen LogP contribution in [0.4, 0.5) is 24.9 Å². The van der Waals surface area contributed by atoms with Crippen molar-refractivity contribution < 1.29 is 13.2 Å². The van der Waals surface area contributed by atoms with Gasteiger partial charge in [0.1, 0.15) is 18.0 Å². The van der Waals surface area contributed by atoms with E-state index in [4.69, 9.17) is 10.1 Å². The maximum Gasteiger partial charge on any atom is 0.242 e. The summed E-state index contributed by atoms with van der Waals surface area (Å²) in [5.41, 5.74) is 1.10. The number of anilines is 2. The zero-order valence-electron chi connectivity index (χ0n) is 19.6. The highest BCUT2D eigenvalue weighted by Gasteiger charge is 2.43. The third-order valence-electron chi connectivity index (χ3n) is 7.81. The Bertz CT molecular complexity index is 1230. The molecule has 7 nitrogen and oxygen atoms in total. The highest BCUT2D eigenvalue weighted by Crippen LogP contribution is 2.40. The second-order valence-electron chi connectivity index (χ2n) is 10.0. The molecule has 35 heavy (non-hydrogen) atoms. The van der Waals surface area contributed by atoms with Crippen LogP contribution in [-0.4, -0.2) is 43.9 Å². The van der Waals surface area contributed by atoms with E-state index in [0.29, 0.717) is 36.6 Å². The summed E-state index contributed by atoms with van der Waals surface area (Å²) in [7, 11) is 0. The van der Waals surface area contributed by atoms with Gasteiger partial charge in [-0.25, -0.2) is 27.8 Å². The molecular formula is C25H28F3N7. The number of halogens is 3. The van der Waals surface area contributed by atoms with Crippen LogP contribution >= 0.6 is 0 Å². The first-order chi connectivity index (χ1) is 17.0. The molecule has 3 aromatic rings. The summed E-state index contributed by atoms with van der Waals surface area (Å²) >= 11 is 0. The van der Waals surface area contributed by atoms with Crippen molar-refractivity contribution in [1.82, 2.24) is 24.7 Å². The van der Waals surface area contributed by atoms with Gasteiger partial charge in [0.2, 0.25) is 5.95 Å². The molecule has 0 spiro atoms. The molecule has 0 amide bonds. The summed E-state index contributed by atoms with van der Waals surface area (Å²) < 4.78 is 44.0. The Hall–Kier alpha value is -3.17. The molecular weight excluding hydrogens is 455 g/mol. The summed E-state index contributed by atoms with van der Waals surface area (Å²) in [4.78, 5) is 15.8. The largest absolute Gasteiger partial charge is 0.356 e. The highest BCUT2D eigenvalue weighted by molar-refractivity contribution is 5.42. The zero-order valence-corrected chi connectivity index (χ0v) is 19.6. The van der Waals surface area contributed by atoms with Gasteiger partial charge in [-0.3, -0.25) is 0 Å². The topological polar surface area (TPSA) is 71.8 Å². The summed E-state index contributed by atoms with van der Waals surface area (Å²) in [5.74, 6) is -1.23. The Morgan fingerprint density at radius 3 is 2.54 bits per heavy atom. The summed E-state index contributed by atoms with van der Waals surface area (Å²) in [6.45, 7) is 4.45. The molecule has 1 aromatic carbocycles. The second-order valence-corrected chi connectivity index (χ2v) is 10.0. The molecule has 184 valence electrons. The average molecular weight is 484 g/mol. The molecule has 6 rings (SSSR count). The van der Waals surface area contributed by atoms with E-state index in [0.717, 1.165) is 56.4 Å². The van der Waals surface area contributed by atoms with Crippen LogP contribution in [-0.2, 0) is 6.54 Å². The first kappa shape index (κ1) is 22.3. The maximum atomic E-state index is 14.7. The van der Waals surface area contributed by atoms with Crippen LogP contribution in [0, 0.1) is 36.2 Å². The molecule has 2 bridgehead atoms. The highest BCUT2D eigenvalue weighted by atomic mass is 19.2. The van der Waals surface area contributed by atoms with Crippen molar-refractivity contribution in [1.29, 1.82) is 0 Å². The molecule has 4 heterocycles. The van der Waals surface area contributed by atoms with Gasteiger partial charge in [-0.05, 0) is 50.5 Å². The van der Waals surface area contributed by atoms with Crippen molar-refractivity contribution in [2.24, 2.45) is 11.8 Å². The Balaban J connectivity index is 1.24. The Morgan fingerprint density at radius 1 is 0.971 bits per heavy atom. The number of aryl methyl sites for hydroxylation is 2. The third-order valence-corrected chi connectivity index (χ3v) is 7.81. The zero-order chi connectivity index (χ0) is 24.1. The minimum Gasteiger partial charge on any atom is -0.356 e. The average Bonchev–Trinajstić information content (AvgIpc) is 3.25. The van der Waals surface area contributed by atoms with Crippen LogP contribution in [0.1, 0.15) is 55.1 Å². The number of benzene rings is 1. The normalized spacial score (nSPS) is 25.9. The van der Waals surface area contributed by atoms with Crippen molar-refractivity contribution in [2.75, 3.05) is 23.3 Å². The lowest BCUT2D eigenvalue weighted by Crippen LogP contribution is -2.48. The minimum atomic E-state index is -1.43. The number of nitrogens with one attached hydrogen (secondary N) is 1. The van der Waals surface area contributed by atoms with E-state index >= 15 is 0 Å². The number of hydrogen-bond acceptors (Lipinski definition) is 6. The number of rotatable bonds is 4. The summed E-state index contributed by atoms with van der Waals surface area (Å²) in [5, 5.41) is 8.29. The van der Waals surface area contributed by atoms with Crippen molar-refractivity contribution in [2.45, 2.75) is 57.5 Å². The van der Waals surface area contributed by atoms with Crippen LogP contribution in [0.2, 0.25) is 0 Å². The maximum absolute atomic E-state index is 14.7. The number of hydrogen-bond donors (Lipinski definition) is 1. The molecule has 2 fully saturated rings. The number of piperidine rings is 1. The fourth-order valence-electron chi connectivity index (χ4n) is 6.09. The predicted octanol–water partition coefficient (Wildman–Crippen LogP) is 4.44. The first-order valence-corrected chi connectivity index (χ1v) is 12.4. The molecule has 1 N–H and O–H groups in total. The van der Waals surface area contributed by atoms with E-state index in [1.807, 2.05) is 13.0 Å². The lowest BCUT2D eigenvalue weighted by molar-refractivity contribution is 0.374. The van der Waals surface area contributed by atoms with Gasteiger partial charge in [-0.15, -0.1) is 5.10 Å². The third kappa shape index (κ3) is 4.02. The van der Waals surface area contributed by atoms with E-state index in [1.54, 1.807) is 11.0 Å². The number of nitrogens with zero attached hydrogens (tertiary/aromatic N) is 6. The van der Waals surface area contributed by atoms with Gasteiger partial charge in [0, 0.05) is 48.9 Å². The van der Waals surface area contributed by atoms with Crippen LogP contribution in [0.5, 0.6) is 0 Å². The van der Waals surface area contributed by atoms with Gasteiger partial charge < -0.3 is 10.2 Å². The molecule has 3 aliphatic rings. The Labute approximate surface area is 201 Å². The SMILES string of the molecule is Cc1cc(N2CC3CC[C@@H](C2)[C@@H]3Nc2nc3n(n2)CCCCC3c2ccc(F)c(F)c2F)ncn1. The van der Waals surface area contributed by atoms with Gasteiger partial charge in [0.25, 0.3) is 0 Å². The molecule has 1 saturated heterocycles. The van der Waals surface area contributed by atoms with Crippen molar-refractivity contribution >= 4 is 11.8 Å².